The van der Waals surface area contributed by atoms with Crippen molar-refractivity contribution in [2.75, 3.05) is 15.8 Å². The highest BCUT2D eigenvalue weighted by molar-refractivity contribution is 7.92. The molecule has 0 heterocycles. The summed E-state index contributed by atoms with van der Waals surface area (Å²) in [5, 5.41) is 5.52. The molecule has 0 fully saturated rings. The minimum Gasteiger partial charge on any atom is -0.348 e. The Hall–Kier alpha value is -3.72. The molecule has 0 aliphatic rings. The van der Waals surface area contributed by atoms with Crippen molar-refractivity contribution in [1.29, 1.82) is 0 Å². The van der Waals surface area contributed by atoms with E-state index in [0.717, 1.165) is 5.56 Å². The Labute approximate surface area is 192 Å². The van der Waals surface area contributed by atoms with Gasteiger partial charge in [-0.25, -0.2) is 12.8 Å². The normalized spacial score (nSPS) is 11.0. The van der Waals surface area contributed by atoms with Crippen molar-refractivity contribution in [2.45, 2.75) is 19.9 Å². The number of rotatable bonds is 9. The van der Waals surface area contributed by atoms with Crippen molar-refractivity contribution in [1.82, 2.24) is 5.32 Å². The molecule has 0 saturated heterocycles. The molecule has 3 rings (SSSR count). The number of carbonyl (C=O) groups excluding carboxylic acids is 2. The summed E-state index contributed by atoms with van der Waals surface area (Å²) in [4.78, 5) is 24.9. The van der Waals surface area contributed by atoms with Crippen LogP contribution in [-0.4, -0.2) is 26.0 Å². The topological polar surface area (TPSA) is 104 Å². The van der Waals surface area contributed by atoms with Gasteiger partial charge in [0.05, 0.1) is 5.75 Å². The van der Waals surface area contributed by atoms with Gasteiger partial charge in [0, 0.05) is 29.0 Å². The van der Waals surface area contributed by atoms with E-state index in [2.05, 4.69) is 15.4 Å². The zero-order valence-electron chi connectivity index (χ0n) is 18.0. The fourth-order valence-electron chi connectivity index (χ4n) is 3.07. The lowest BCUT2D eigenvalue weighted by Gasteiger charge is -2.10. The Morgan fingerprint density at radius 3 is 2.27 bits per heavy atom. The van der Waals surface area contributed by atoms with E-state index in [-0.39, 0.29) is 24.1 Å². The fourth-order valence-corrected chi connectivity index (χ4v) is 4.20. The molecule has 0 bridgehead atoms. The molecule has 3 N–H and O–H groups in total. The van der Waals surface area contributed by atoms with Crippen LogP contribution < -0.4 is 15.4 Å². The van der Waals surface area contributed by atoms with Gasteiger partial charge in [0.25, 0.3) is 11.8 Å². The molecule has 3 aromatic rings. The third kappa shape index (κ3) is 7.15. The van der Waals surface area contributed by atoms with Crippen LogP contribution in [0.1, 0.15) is 39.6 Å². The van der Waals surface area contributed by atoms with E-state index in [0.29, 0.717) is 28.9 Å². The zero-order chi connectivity index (χ0) is 23.8. The van der Waals surface area contributed by atoms with Gasteiger partial charge >= 0.3 is 0 Å². The van der Waals surface area contributed by atoms with Gasteiger partial charge in [-0.1, -0.05) is 25.1 Å². The number of carbonyl (C=O) groups is 2. The van der Waals surface area contributed by atoms with Gasteiger partial charge in [-0.15, -0.1) is 0 Å². The molecule has 9 heteroatoms. The number of halogens is 1. The minimum atomic E-state index is -3.45. The highest BCUT2D eigenvalue weighted by atomic mass is 32.2. The average Bonchev–Trinajstić information content (AvgIpc) is 2.78. The second kappa shape index (κ2) is 10.7. The third-order valence-corrected chi connectivity index (χ3v) is 6.11. The maximum absolute atomic E-state index is 13.0. The first-order valence-electron chi connectivity index (χ1n) is 10.3. The van der Waals surface area contributed by atoms with Gasteiger partial charge in [-0.2, -0.15) is 0 Å². The molecule has 0 spiro atoms. The summed E-state index contributed by atoms with van der Waals surface area (Å²) >= 11 is 0. The number of hydrogen-bond acceptors (Lipinski definition) is 4. The molecule has 0 aliphatic heterocycles. The van der Waals surface area contributed by atoms with E-state index in [1.165, 1.54) is 30.3 Å². The SMILES string of the molecule is CCCS(=O)(=O)Nc1cccc(C(=O)NCc2cccc(NC(=O)c3ccc(F)cc3)c2)c1. The summed E-state index contributed by atoms with van der Waals surface area (Å²) in [5.74, 6) is -1.17. The standard InChI is InChI=1S/C24H24FN3O4S/c1-2-13-33(31,32)28-22-8-4-6-19(15-22)23(29)26-16-17-5-3-7-21(14-17)27-24(30)18-9-11-20(25)12-10-18/h3-12,14-15,28H,2,13,16H2,1H3,(H,26,29)(H,27,30). The summed E-state index contributed by atoms with van der Waals surface area (Å²) in [6, 6.07) is 18.4. The van der Waals surface area contributed by atoms with Crippen molar-refractivity contribution in [3.63, 3.8) is 0 Å². The van der Waals surface area contributed by atoms with Crippen LogP contribution in [-0.2, 0) is 16.6 Å². The van der Waals surface area contributed by atoms with Crippen molar-refractivity contribution in [3.8, 4) is 0 Å². The van der Waals surface area contributed by atoms with Crippen LogP contribution in [0.15, 0.2) is 72.8 Å². The van der Waals surface area contributed by atoms with E-state index in [9.17, 15) is 22.4 Å². The highest BCUT2D eigenvalue weighted by Gasteiger charge is 2.12. The van der Waals surface area contributed by atoms with Crippen LogP contribution >= 0.6 is 0 Å². The molecule has 0 atom stereocenters. The zero-order valence-corrected chi connectivity index (χ0v) is 18.8. The third-order valence-electron chi connectivity index (χ3n) is 4.62. The first-order valence-corrected chi connectivity index (χ1v) is 12.0. The predicted octanol–water partition coefficient (Wildman–Crippen LogP) is 4.16. The molecule has 0 aromatic heterocycles. The molecule has 0 saturated carbocycles. The lowest BCUT2D eigenvalue weighted by atomic mass is 10.1. The lowest BCUT2D eigenvalue weighted by molar-refractivity contribution is 0.0950. The van der Waals surface area contributed by atoms with Gasteiger partial charge in [0.2, 0.25) is 10.0 Å². The molecule has 2 amide bonds. The van der Waals surface area contributed by atoms with Gasteiger partial charge < -0.3 is 10.6 Å². The number of nitrogens with one attached hydrogen (secondary N) is 3. The second-order valence-electron chi connectivity index (χ2n) is 7.35. The van der Waals surface area contributed by atoms with Crippen molar-refractivity contribution < 1.29 is 22.4 Å². The molecule has 172 valence electrons. The first kappa shape index (κ1) is 23.9. The molecule has 0 aliphatic carbocycles. The molecular weight excluding hydrogens is 445 g/mol. The van der Waals surface area contributed by atoms with E-state index in [1.54, 1.807) is 49.4 Å². The van der Waals surface area contributed by atoms with Crippen molar-refractivity contribution in [3.05, 3.63) is 95.3 Å². The minimum absolute atomic E-state index is 0.00252. The molecule has 33 heavy (non-hydrogen) atoms. The summed E-state index contributed by atoms with van der Waals surface area (Å²) in [7, 11) is -3.45. The Morgan fingerprint density at radius 2 is 1.55 bits per heavy atom. The first-order chi connectivity index (χ1) is 15.8. The molecular formula is C24H24FN3O4S. The summed E-state index contributed by atoms with van der Waals surface area (Å²) in [6.07, 6.45) is 0.485. The van der Waals surface area contributed by atoms with Crippen LogP contribution in [0, 0.1) is 5.82 Å². The largest absolute Gasteiger partial charge is 0.348 e. The maximum Gasteiger partial charge on any atom is 0.255 e. The van der Waals surface area contributed by atoms with Crippen LogP contribution in [0.3, 0.4) is 0 Å². The lowest BCUT2D eigenvalue weighted by Crippen LogP contribution is -2.23. The Morgan fingerprint density at radius 1 is 0.848 bits per heavy atom. The van der Waals surface area contributed by atoms with E-state index < -0.39 is 15.8 Å². The van der Waals surface area contributed by atoms with E-state index in [4.69, 9.17) is 0 Å². The average molecular weight is 470 g/mol. The van der Waals surface area contributed by atoms with Gasteiger partial charge in [-0.05, 0) is 66.6 Å². The Kier molecular flexibility index (Phi) is 7.78. The molecule has 7 nitrogen and oxygen atoms in total. The van der Waals surface area contributed by atoms with Crippen LogP contribution in [0.2, 0.25) is 0 Å². The fraction of sp³-hybridized carbons (Fsp3) is 0.167. The quantitative estimate of drug-likeness (QED) is 0.438. The van der Waals surface area contributed by atoms with E-state index in [1.807, 2.05) is 0 Å². The van der Waals surface area contributed by atoms with Crippen LogP contribution in [0.5, 0.6) is 0 Å². The van der Waals surface area contributed by atoms with Crippen molar-refractivity contribution >= 4 is 33.2 Å². The molecule has 0 unspecified atom stereocenters. The summed E-state index contributed by atoms with van der Waals surface area (Å²) < 4.78 is 39.4. The summed E-state index contributed by atoms with van der Waals surface area (Å²) in [6.45, 7) is 1.97. The van der Waals surface area contributed by atoms with Gasteiger partial charge in [0.1, 0.15) is 5.82 Å². The van der Waals surface area contributed by atoms with Crippen LogP contribution in [0.25, 0.3) is 0 Å². The monoisotopic (exact) mass is 469 g/mol. The number of sulfonamides is 1. The van der Waals surface area contributed by atoms with Crippen LogP contribution in [0.4, 0.5) is 15.8 Å². The maximum atomic E-state index is 13.0. The Balaban J connectivity index is 1.61. The van der Waals surface area contributed by atoms with Gasteiger partial charge in [-0.3, -0.25) is 14.3 Å². The van der Waals surface area contributed by atoms with Gasteiger partial charge in [0.15, 0.2) is 0 Å². The number of amides is 2. The Bertz CT molecular complexity index is 1240. The smallest absolute Gasteiger partial charge is 0.255 e. The highest BCUT2D eigenvalue weighted by Crippen LogP contribution is 2.15. The number of anilines is 2. The molecule has 3 aromatic carbocycles. The molecule has 0 radical (unpaired) electrons. The summed E-state index contributed by atoms with van der Waals surface area (Å²) in [5.41, 5.74) is 2.24. The van der Waals surface area contributed by atoms with Crippen molar-refractivity contribution in [2.24, 2.45) is 0 Å². The number of benzene rings is 3. The number of hydrogen-bond donors (Lipinski definition) is 3. The second-order valence-corrected chi connectivity index (χ2v) is 9.19. The van der Waals surface area contributed by atoms with E-state index >= 15 is 0 Å². The predicted molar refractivity (Wildman–Crippen MR) is 126 cm³/mol.